The van der Waals surface area contributed by atoms with E-state index in [0.717, 1.165) is 24.2 Å². The molecule has 110 valence electrons. The summed E-state index contributed by atoms with van der Waals surface area (Å²) in [5, 5.41) is 3.44. The number of benzene rings is 1. The molecule has 1 fully saturated rings. The molecule has 0 saturated carbocycles. The summed E-state index contributed by atoms with van der Waals surface area (Å²) in [6, 6.07) is 8.07. The SMILES string of the molecule is CCC1NC(c2cccc(OC)c2)N(C(C)CC)C1=O. The van der Waals surface area contributed by atoms with E-state index in [-0.39, 0.29) is 24.2 Å². The van der Waals surface area contributed by atoms with Gasteiger partial charge in [-0.3, -0.25) is 10.1 Å². The molecular formula is C16H24N2O2. The molecule has 3 atom stereocenters. The van der Waals surface area contributed by atoms with Crippen molar-refractivity contribution in [3.05, 3.63) is 29.8 Å². The van der Waals surface area contributed by atoms with Gasteiger partial charge in [0.25, 0.3) is 0 Å². The van der Waals surface area contributed by atoms with E-state index >= 15 is 0 Å². The summed E-state index contributed by atoms with van der Waals surface area (Å²) in [5.74, 6) is 1.02. The zero-order valence-corrected chi connectivity index (χ0v) is 12.7. The van der Waals surface area contributed by atoms with Gasteiger partial charge in [-0.1, -0.05) is 26.0 Å². The van der Waals surface area contributed by atoms with Crippen molar-refractivity contribution in [1.29, 1.82) is 0 Å². The predicted molar refractivity (Wildman–Crippen MR) is 79.5 cm³/mol. The molecule has 1 aromatic rings. The minimum atomic E-state index is -0.0831. The van der Waals surface area contributed by atoms with Gasteiger partial charge in [0.05, 0.1) is 13.2 Å². The molecule has 0 aliphatic carbocycles. The molecule has 1 aromatic carbocycles. The Bertz CT molecular complexity index is 475. The quantitative estimate of drug-likeness (QED) is 0.899. The third-order valence-corrected chi connectivity index (χ3v) is 4.07. The maximum atomic E-state index is 12.5. The van der Waals surface area contributed by atoms with Crippen LogP contribution < -0.4 is 10.1 Å². The normalized spacial score (nSPS) is 24.0. The number of nitrogens with one attached hydrogen (secondary N) is 1. The highest BCUT2D eigenvalue weighted by atomic mass is 16.5. The molecule has 3 unspecified atom stereocenters. The van der Waals surface area contributed by atoms with Crippen molar-refractivity contribution in [1.82, 2.24) is 10.2 Å². The summed E-state index contributed by atoms with van der Waals surface area (Å²) >= 11 is 0. The highest BCUT2D eigenvalue weighted by Gasteiger charge is 2.40. The van der Waals surface area contributed by atoms with Crippen molar-refractivity contribution >= 4 is 5.91 Å². The Hall–Kier alpha value is -1.55. The van der Waals surface area contributed by atoms with Crippen molar-refractivity contribution in [3.63, 3.8) is 0 Å². The van der Waals surface area contributed by atoms with Crippen molar-refractivity contribution in [2.45, 2.75) is 51.9 Å². The van der Waals surface area contributed by atoms with Gasteiger partial charge in [-0.25, -0.2) is 0 Å². The lowest BCUT2D eigenvalue weighted by molar-refractivity contribution is -0.132. The molecule has 1 aliphatic heterocycles. The van der Waals surface area contributed by atoms with Crippen LogP contribution >= 0.6 is 0 Å². The highest BCUT2D eigenvalue weighted by Crippen LogP contribution is 2.31. The number of carbonyl (C=O) groups is 1. The number of hydrogen-bond donors (Lipinski definition) is 1. The number of hydrogen-bond acceptors (Lipinski definition) is 3. The number of rotatable bonds is 5. The number of ether oxygens (including phenoxy) is 1. The van der Waals surface area contributed by atoms with Crippen LogP contribution in [0.2, 0.25) is 0 Å². The number of nitrogens with zero attached hydrogens (tertiary/aromatic N) is 1. The second-order valence-electron chi connectivity index (χ2n) is 5.31. The Labute approximate surface area is 121 Å². The Kier molecular flexibility index (Phi) is 4.65. The topological polar surface area (TPSA) is 41.6 Å². The van der Waals surface area contributed by atoms with E-state index in [9.17, 15) is 4.79 Å². The first-order valence-corrected chi connectivity index (χ1v) is 7.34. The fraction of sp³-hybridized carbons (Fsp3) is 0.562. The summed E-state index contributed by atoms with van der Waals surface area (Å²) in [6.45, 7) is 6.25. The first-order chi connectivity index (χ1) is 9.62. The van der Waals surface area contributed by atoms with Gasteiger partial charge in [-0.2, -0.15) is 0 Å². The Balaban J connectivity index is 2.34. The van der Waals surface area contributed by atoms with Gasteiger partial charge < -0.3 is 9.64 Å². The van der Waals surface area contributed by atoms with Crippen LogP contribution in [0, 0.1) is 0 Å². The maximum Gasteiger partial charge on any atom is 0.241 e. The van der Waals surface area contributed by atoms with Gasteiger partial charge in [0.1, 0.15) is 11.9 Å². The van der Waals surface area contributed by atoms with Crippen LogP contribution in [0.3, 0.4) is 0 Å². The molecule has 20 heavy (non-hydrogen) atoms. The molecule has 1 amide bonds. The van der Waals surface area contributed by atoms with Gasteiger partial charge in [0, 0.05) is 6.04 Å². The van der Waals surface area contributed by atoms with Crippen LogP contribution in [0.25, 0.3) is 0 Å². The van der Waals surface area contributed by atoms with Gasteiger partial charge in [-0.05, 0) is 37.5 Å². The lowest BCUT2D eigenvalue weighted by Crippen LogP contribution is -2.38. The van der Waals surface area contributed by atoms with Gasteiger partial charge in [0.2, 0.25) is 5.91 Å². The average Bonchev–Trinajstić information content (AvgIpc) is 2.83. The predicted octanol–water partition coefficient (Wildman–Crippen LogP) is 2.70. The molecule has 4 heteroatoms. The number of amides is 1. The van der Waals surface area contributed by atoms with Crippen molar-refractivity contribution in [3.8, 4) is 5.75 Å². The van der Waals surface area contributed by atoms with Gasteiger partial charge >= 0.3 is 0 Å². The molecule has 2 rings (SSSR count). The van der Waals surface area contributed by atoms with Crippen LogP contribution in [0.5, 0.6) is 5.75 Å². The van der Waals surface area contributed by atoms with E-state index in [1.807, 2.05) is 36.1 Å². The largest absolute Gasteiger partial charge is 0.497 e. The van der Waals surface area contributed by atoms with Crippen LogP contribution in [0.4, 0.5) is 0 Å². The third-order valence-electron chi connectivity index (χ3n) is 4.07. The first-order valence-electron chi connectivity index (χ1n) is 7.34. The molecule has 0 bridgehead atoms. The fourth-order valence-electron chi connectivity index (χ4n) is 2.68. The van der Waals surface area contributed by atoms with E-state index in [2.05, 4.69) is 19.2 Å². The van der Waals surface area contributed by atoms with Crippen LogP contribution in [-0.4, -0.2) is 30.0 Å². The summed E-state index contributed by atoms with van der Waals surface area (Å²) in [7, 11) is 1.66. The van der Waals surface area contributed by atoms with Crippen molar-refractivity contribution in [2.24, 2.45) is 0 Å². The molecule has 1 heterocycles. The summed E-state index contributed by atoms with van der Waals surface area (Å²) < 4.78 is 5.29. The third kappa shape index (κ3) is 2.66. The monoisotopic (exact) mass is 276 g/mol. The molecule has 1 N–H and O–H groups in total. The van der Waals surface area contributed by atoms with E-state index in [4.69, 9.17) is 4.74 Å². The number of carbonyl (C=O) groups excluding carboxylic acids is 1. The Morgan fingerprint density at radius 3 is 2.75 bits per heavy atom. The van der Waals surface area contributed by atoms with Gasteiger partial charge in [0.15, 0.2) is 0 Å². The maximum absolute atomic E-state index is 12.5. The standard InChI is InChI=1S/C16H24N2O2/c1-5-11(3)18-15(17-14(6-2)16(18)19)12-8-7-9-13(10-12)20-4/h7-11,14-15,17H,5-6H2,1-4H3. The summed E-state index contributed by atoms with van der Waals surface area (Å²) in [5.41, 5.74) is 1.08. The Morgan fingerprint density at radius 2 is 2.15 bits per heavy atom. The lowest BCUT2D eigenvalue weighted by Gasteiger charge is -2.30. The highest BCUT2D eigenvalue weighted by molar-refractivity contribution is 5.84. The van der Waals surface area contributed by atoms with E-state index < -0.39 is 0 Å². The average molecular weight is 276 g/mol. The van der Waals surface area contributed by atoms with Crippen LogP contribution in [0.15, 0.2) is 24.3 Å². The number of methoxy groups -OCH3 is 1. The van der Waals surface area contributed by atoms with E-state index in [0.29, 0.717) is 0 Å². The molecule has 0 spiro atoms. The molecule has 0 aromatic heterocycles. The molecular weight excluding hydrogens is 252 g/mol. The summed E-state index contributed by atoms with van der Waals surface area (Å²) in [6.07, 6.45) is 1.70. The van der Waals surface area contributed by atoms with Gasteiger partial charge in [-0.15, -0.1) is 0 Å². The second kappa shape index (κ2) is 6.27. The molecule has 1 saturated heterocycles. The van der Waals surface area contributed by atoms with E-state index in [1.165, 1.54) is 0 Å². The minimum Gasteiger partial charge on any atom is -0.497 e. The molecule has 1 aliphatic rings. The summed E-state index contributed by atoms with van der Waals surface area (Å²) in [4.78, 5) is 14.5. The molecule has 0 radical (unpaired) electrons. The first kappa shape index (κ1) is 14.9. The van der Waals surface area contributed by atoms with Crippen LogP contribution in [0.1, 0.15) is 45.3 Å². The smallest absolute Gasteiger partial charge is 0.241 e. The zero-order valence-electron chi connectivity index (χ0n) is 12.7. The fourth-order valence-corrected chi connectivity index (χ4v) is 2.68. The van der Waals surface area contributed by atoms with Crippen molar-refractivity contribution in [2.75, 3.05) is 7.11 Å². The van der Waals surface area contributed by atoms with Crippen molar-refractivity contribution < 1.29 is 9.53 Å². The Morgan fingerprint density at radius 1 is 1.40 bits per heavy atom. The molecule has 4 nitrogen and oxygen atoms in total. The lowest BCUT2D eigenvalue weighted by atomic mass is 10.1. The second-order valence-corrected chi connectivity index (χ2v) is 5.31. The zero-order chi connectivity index (χ0) is 14.7. The minimum absolute atomic E-state index is 0.0579. The van der Waals surface area contributed by atoms with E-state index in [1.54, 1.807) is 7.11 Å². The van der Waals surface area contributed by atoms with Crippen LogP contribution in [-0.2, 0) is 4.79 Å².